The number of nitrogens with zero attached hydrogens (tertiary/aromatic N) is 3. The lowest BCUT2D eigenvalue weighted by Gasteiger charge is -2.28. The maximum absolute atomic E-state index is 14.7. The molecule has 0 amide bonds. The van der Waals surface area contributed by atoms with Gasteiger partial charge in [0, 0.05) is 44.6 Å². The van der Waals surface area contributed by atoms with Crippen LogP contribution in [0.4, 0.5) is 21.5 Å². The summed E-state index contributed by atoms with van der Waals surface area (Å²) < 4.78 is 16.7. The maximum Gasteiger partial charge on any atom is 0.123 e. The Labute approximate surface area is 320 Å². The number of pyridine rings is 1. The fourth-order valence-electron chi connectivity index (χ4n) is 8.62. The van der Waals surface area contributed by atoms with Crippen LogP contribution in [0.2, 0.25) is 0 Å². The molecule has 0 aliphatic heterocycles. The molecule has 0 saturated heterocycles. The zero-order valence-corrected chi connectivity index (χ0v) is 31.0. The lowest BCUT2D eigenvalue weighted by atomic mass is 9.82. The first kappa shape index (κ1) is 32.8. The van der Waals surface area contributed by atoms with Crippen molar-refractivity contribution in [2.45, 2.75) is 26.2 Å². The highest BCUT2D eigenvalue weighted by molar-refractivity contribution is 6.01. The number of anilines is 3. The number of hydrogen-bond acceptors (Lipinski definition) is 2. The van der Waals surface area contributed by atoms with Crippen molar-refractivity contribution in [2.24, 2.45) is 0 Å². The molecule has 4 heteroatoms. The molecular weight excluding hydrogens is 674 g/mol. The highest BCUT2D eigenvalue weighted by Gasteiger charge is 2.35. The molecule has 55 heavy (non-hydrogen) atoms. The standard InChI is InChI=1S/C51H38FN3/c1-33-49(53-55-48(36-14-8-5-9-15-36)30-38-18-23-39(52)31-45(38)50(33)55)37-21-26-41(27-22-37)54(40-24-19-35(20-25-40)34-12-6-4-7-13-34)42-28-29-44-43-16-10-11-17-46(43)51(2,3)47(44)32-42/h4-32H,1-3H3. The third-order valence-corrected chi connectivity index (χ3v) is 11.4. The van der Waals surface area contributed by atoms with Crippen LogP contribution in [-0.4, -0.2) is 9.61 Å². The summed E-state index contributed by atoms with van der Waals surface area (Å²) >= 11 is 0. The van der Waals surface area contributed by atoms with E-state index in [1.165, 1.54) is 39.4 Å². The SMILES string of the molecule is Cc1c(-c2ccc(N(c3ccc(-c4ccccc4)cc3)c3ccc4c(c3)C(C)(C)c3ccccc3-4)cc2)nn2c(-c3ccccc3)cc3ccc(F)cc3c12. The van der Waals surface area contributed by atoms with Gasteiger partial charge in [-0.3, -0.25) is 0 Å². The van der Waals surface area contributed by atoms with E-state index >= 15 is 0 Å². The van der Waals surface area contributed by atoms with Gasteiger partial charge in [0.05, 0.1) is 16.9 Å². The van der Waals surface area contributed by atoms with Crippen molar-refractivity contribution < 1.29 is 4.39 Å². The number of aryl methyl sites for hydroxylation is 1. The molecule has 0 fully saturated rings. The first-order valence-electron chi connectivity index (χ1n) is 18.8. The van der Waals surface area contributed by atoms with E-state index in [-0.39, 0.29) is 11.2 Å². The topological polar surface area (TPSA) is 20.5 Å². The summed E-state index contributed by atoms with van der Waals surface area (Å²) in [5.41, 5.74) is 16.6. The van der Waals surface area contributed by atoms with Gasteiger partial charge in [-0.2, -0.15) is 5.10 Å². The average molecular weight is 712 g/mol. The molecule has 3 nitrogen and oxygen atoms in total. The van der Waals surface area contributed by atoms with E-state index in [4.69, 9.17) is 5.10 Å². The molecule has 0 radical (unpaired) electrons. The second-order valence-electron chi connectivity index (χ2n) is 15.1. The summed E-state index contributed by atoms with van der Waals surface area (Å²) in [7, 11) is 0. The Morgan fingerprint density at radius 1 is 0.527 bits per heavy atom. The van der Waals surface area contributed by atoms with Crippen LogP contribution in [-0.2, 0) is 5.41 Å². The minimum Gasteiger partial charge on any atom is -0.310 e. The summed E-state index contributed by atoms with van der Waals surface area (Å²) in [6.45, 7) is 6.75. The predicted octanol–water partition coefficient (Wildman–Crippen LogP) is 13.7. The van der Waals surface area contributed by atoms with E-state index in [1.54, 1.807) is 6.07 Å². The Hall–Kier alpha value is -6.78. The van der Waals surface area contributed by atoms with Gasteiger partial charge in [0.2, 0.25) is 0 Å². The van der Waals surface area contributed by atoms with Crippen LogP contribution < -0.4 is 4.90 Å². The lowest BCUT2D eigenvalue weighted by molar-refractivity contribution is 0.630. The number of rotatable bonds is 6. The fourth-order valence-corrected chi connectivity index (χ4v) is 8.62. The first-order valence-corrected chi connectivity index (χ1v) is 18.8. The molecule has 0 unspecified atom stereocenters. The summed E-state index contributed by atoms with van der Waals surface area (Å²) in [6.07, 6.45) is 0. The van der Waals surface area contributed by atoms with Gasteiger partial charge < -0.3 is 4.90 Å². The van der Waals surface area contributed by atoms with Gasteiger partial charge in [0.25, 0.3) is 0 Å². The van der Waals surface area contributed by atoms with E-state index in [2.05, 4.69) is 165 Å². The quantitative estimate of drug-likeness (QED) is 0.171. The van der Waals surface area contributed by atoms with Gasteiger partial charge in [-0.05, 0) is 100 Å². The number of halogens is 1. The van der Waals surface area contributed by atoms with Crippen molar-refractivity contribution in [3.8, 4) is 44.8 Å². The lowest BCUT2D eigenvalue weighted by Crippen LogP contribution is -2.16. The molecule has 0 atom stereocenters. The van der Waals surface area contributed by atoms with Crippen molar-refractivity contribution in [3.05, 3.63) is 198 Å². The van der Waals surface area contributed by atoms with Crippen molar-refractivity contribution in [1.82, 2.24) is 9.61 Å². The average Bonchev–Trinajstić information content (AvgIpc) is 3.69. The number of hydrogen-bond donors (Lipinski definition) is 0. The second-order valence-corrected chi connectivity index (χ2v) is 15.1. The highest BCUT2D eigenvalue weighted by Crippen LogP contribution is 2.50. The van der Waals surface area contributed by atoms with Gasteiger partial charge in [-0.25, -0.2) is 8.91 Å². The van der Waals surface area contributed by atoms with E-state index in [0.29, 0.717) is 0 Å². The normalized spacial score (nSPS) is 12.9. The van der Waals surface area contributed by atoms with Crippen molar-refractivity contribution in [3.63, 3.8) is 0 Å². The zero-order valence-electron chi connectivity index (χ0n) is 31.0. The van der Waals surface area contributed by atoms with Crippen LogP contribution in [0.5, 0.6) is 0 Å². The van der Waals surface area contributed by atoms with Gasteiger partial charge in [-0.15, -0.1) is 0 Å². The van der Waals surface area contributed by atoms with Gasteiger partial charge in [-0.1, -0.05) is 135 Å². The van der Waals surface area contributed by atoms with E-state index in [0.717, 1.165) is 61.4 Å². The molecule has 7 aromatic carbocycles. The molecule has 9 aromatic rings. The molecule has 10 rings (SSSR count). The van der Waals surface area contributed by atoms with Crippen molar-refractivity contribution in [2.75, 3.05) is 4.90 Å². The number of aromatic nitrogens is 2. The molecule has 0 bridgehead atoms. The smallest absolute Gasteiger partial charge is 0.123 e. The predicted molar refractivity (Wildman–Crippen MR) is 226 cm³/mol. The van der Waals surface area contributed by atoms with Crippen LogP contribution in [0.15, 0.2) is 176 Å². The Kier molecular flexibility index (Phi) is 7.57. The Bertz CT molecular complexity index is 2890. The first-order chi connectivity index (χ1) is 26.8. The molecular formula is C51H38FN3. The number of fused-ring (bicyclic) bond motifs is 6. The maximum atomic E-state index is 14.7. The van der Waals surface area contributed by atoms with E-state index < -0.39 is 0 Å². The third-order valence-electron chi connectivity index (χ3n) is 11.4. The Morgan fingerprint density at radius 3 is 1.82 bits per heavy atom. The molecule has 2 heterocycles. The monoisotopic (exact) mass is 711 g/mol. The minimum atomic E-state index is -0.260. The largest absolute Gasteiger partial charge is 0.310 e. The van der Waals surface area contributed by atoms with Crippen LogP contribution >= 0.6 is 0 Å². The van der Waals surface area contributed by atoms with Crippen LogP contribution in [0, 0.1) is 12.7 Å². The summed E-state index contributed by atoms with van der Waals surface area (Å²) in [4.78, 5) is 2.35. The van der Waals surface area contributed by atoms with Crippen LogP contribution in [0.25, 0.3) is 61.1 Å². The minimum absolute atomic E-state index is 0.124. The molecule has 1 aliphatic rings. The zero-order chi connectivity index (χ0) is 37.3. The molecule has 1 aliphatic carbocycles. The van der Waals surface area contributed by atoms with E-state index in [9.17, 15) is 4.39 Å². The van der Waals surface area contributed by atoms with Crippen molar-refractivity contribution >= 4 is 33.4 Å². The Balaban J connectivity index is 1.10. The molecule has 0 saturated carbocycles. The molecule has 0 N–H and O–H groups in total. The fraction of sp³-hybridized carbons (Fsp3) is 0.0784. The summed E-state index contributed by atoms with van der Waals surface area (Å²) in [5.74, 6) is -0.260. The molecule has 264 valence electrons. The molecule has 2 aromatic heterocycles. The second kappa shape index (κ2) is 12.7. The highest BCUT2D eigenvalue weighted by atomic mass is 19.1. The van der Waals surface area contributed by atoms with Crippen LogP contribution in [0.3, 0.4) is 0 Å². The van der Waals surface area contributed by atoms with Crippen LogP contribution in [0.1, 0.15) is 30.5 Å². The Morgan fingerprint density at radius 2 is 1.11 bits per heavy atom. The third kappa shape index (κ3) is 5.36. The van der Waals surface area contributed by atoms with Gasteiger partial charge in [0.1, 0.15) is 5.82 Å². The summed E-state index contributed by atoms with van der Waals surface area (Å²) in [6, 6.07) is 61.1. The van der Waals surface area contributed by atoms with Crippen molar-refractivity contribution in [1.29, 1.82) is 0 Å². The van der Waals surface area contributed by atoms with Gasteiger partial charge in [0.15, 0.2) is 0 Å². The van der Waals surface area contributed by atoms with E-state index in [1.807, 2.05) is 28.8 Å². The van der Waals surface area contributed by atoms with Gasteiger partial charge >= 0.3 is 0 Å². The molecule has 0 spiro atoms. The summed E-state index contributed by atoms with van der Waals surface area (Å²) in [5, 5.41) is 7.05. The number of benzene rings is 7.